The summed E-state index contributed by atoms with van der Waals surface area (Å²) in [7, 11) is 0. The molecule has 8 N–H and O–H groups in total. The maximum Gasteiger partial charge on any atom is 0.326 e. The summed E-state index contributed by atoms with van der Waals surface area (Å²) in [5.41, 5.74) is 5.60. The fourth-order valence-corrected chi connectivity index (χ4v) is 2.76. The first-order chi connectivity index (χ1) is 14.9. The number of hydrogen-bond acceptors (Lipinski definition) is 7. The Morgan fingerprint density at radius 3 is 1.75 bits per heavy atom. The molecule has 0 saturated carbocycles. The Kier molecular flexibility index (Phi) is 13.1. The lowest BCUT2D eigenvalue weighted by Crippen LogP contribution is -2.60. The molecule has 184 valence electrons. The first kappa shape index (κ1) is 29.3. The Hall–Kier alpha value is -2.73. The van der Waals surface area contributed by atoms with E-state index in [1.165, 1.54) is 0 Å². The molecular weight excluding hydrogens is 424 g/mol. The maximum absolute atomic E-state index is 12.8. The van der Waals surface area contributed by atoms with Crippen molar-refractivity contribution >= 4 is 29.7 Å². The van der Waals surface area contributed by atoms with Gasteiger partial charge in [-0.2, -0.15) is 0 Å². The average molecular weight is 461 g/mol. The number of carboxylic acid groups (broad SMARTS) is 2. The van der Waals surface area contributed by atoms with Crippen molar-refractivity contribution in [2.24, 2.45) is 17.6 Å². The van der Waals surface area contributed by atoms with Gasteiger partial charge in [-0.1, -0.05) is 40.5 Å². The number of carbonyl (C=O) groups excluding carboxylic acids is 3. The molecule has 0 fully saturated rings. The highest BCUT2D eigenvalue weighted by atomic mass is 16.4. The number of nitrogens with one attached hydrogen (secondary N) is 3. The summed E-state index contributed by atoms with van der Waals surface area (Å²) in [6, 6.07) is -4.88. The van der Waals surface area contributed by atoms with Crippen LogP contribution in [0, 0.1) is 11.8 Å². The summed E-state index contributed by atoms with van der Waals surface area (Å²) in [5.74, 6) is -5.43. The molecule has 0 bridgehead atoms. The molecule has 12 nitrogen and oxygen atoms in total. The lowest BCUT2D eigenvalue weighted by Gasteiger charge is -2.28. The Morgan fingerprint density at radius 1 is 0.812 bits per heavy atom. The van der Waals surface area contributed by atoms with Crippen molar-refractivity contribution in [1.82, 2.24) is 16.0 Å². The zero-order chi connectivity index (χ0) is 25.0. The van der Waals surface area contributed by atoms with E-state index in [0.29, 0.717) is 12.8 Å². The lowest BCUT2D eigenvalue weighted by molar-refractivity contribution is -0.144. The number of aliphatic hydroxyl groups is 1. The number of hydrogen-bond donors (Lipinski definition) is 7. The van der Waals surface area contributed by atoms with Gasteiger partial charge in [0.25, 0.3) is 0 Å². The topological polar surface area (TPSA) is 208 Å². The van der Waals surface area contributed by atoms with Crippen LogP contribution in [0.4, 0.5) is 0 Å². The molecule has 0 aromatic carbocycles. The summed E-state index contributed by atoms with van der Waals surface area (Å²) in [6.07, 6.45) is 0.487. The van der Waals surface area contributed by atoms with Gasteiger partial charge in [-0.05, 0) is 18.3 Å². The Balaban J connectivity index is 5.32. The lowest BCUT2D eigenvalue weighted by atomic mass is 9.95. The van der Waals surface area contributed by atoms with Gasteiger partial charge in [0.1, 0.15) is 18.1 Å². The van der Waals surface area contributed by atoms with Crippen LogP contribution in [0.1, 0.15) is 53.4 Å². The first-order valence-corrected chi connectivity index (χ1v) is 10.6. The molecule has 0 aliphatic rings. The number of carbonyl (C=O) groups is 5. The van der Waals surface area contributed by atoms with Gasteiger partial charge in [-0.3, -0.25) is 19.2 Å². The van der Waals surface area contributed by atoms with Crippen LogP contribution >= 0.6 is 0 Å². The first-order valence-electron chi connectivity index (χ1n) is 10.6. The van der Waals surface area contributed by atoms with Gasteiger partial charge in [0.05, 0.1) is 12.6 Å². The van der Waals surface area contributed by atoms with E-state index >= 15 is 0 Å². The van der Waals surface area contributed by atoms with Crippen LogP contribution in [0.2, 0.25) is 0 Å². The van der Waals surface area contributed by atoms with E-state index in [9.17, 15) is 34.2 Å². The van der Waals surface area contributed by atoms with Crippen molar-refractivity contribution in [3.05, 3.63) is 0 Å². The molecule has 0 spiro atoms. The second-order valence-corrected chi connectivity index (χ2v) is 7.86. The zero-order valence-corrected chi connectivity index (χ0v) is 19.0. The molecule has 0 aliphatic carbocycles. The van der Waals surface area contributed by atoms with Crippen molar-refractivity contribution in [2.75, 3.05) is 6.61 Å². The maximum atomic E-state index is 12.8. The summed E-state index contributed by atoms with van der Waals surface area (Å²) >= 11 is 0. The molecule has 12 heteroatoms. The van der Waals surface area contributed by atoms with Crippen molar-refractivity contribution in [3.8, 4) is 0 Å². The van der Waals surface area contributed by atoms with E-state index in [-0.39, 0.29) is 24.7 Å². The summed E-state index contributed by atoms with van der Waals surface area (Å²) in [4.78, 5) is 59.6. The summed E-state index contributed by atoms with van der Waals surface area (Å²) in [5, 5.41) is 34.7. The highest BCUT2D eigenvalue weighted by Gasteiger charge is 2.33. The molecule has 32 heavy (non-hydrogen) atoms. The molecule has 3 amide bonds. The van der Waals surface area contributed by atoms with Gasteiger partial charge in [-0.15, -0.1) is 0 Å². The number of nitrogens with two attached hydrogens (primary N) is 1. The molecule has 0 saturated heterocycles. The second-order valence-electron chi connectivity index (χ2n) is 7.86. The van der Waals surface area contributed by atoms with Crippen LogP contribution < -0.4 is 21.7 Å². The minimum absolute atomic E-state index is 0.162. The number of amides is 3. The van der Waals surface area contributed by atoms with E-state index in [2.05, 4.69) is 16.0 Å². The predicted octanol–water partition coefficient (Wildman–Crippen LogP) is -1.20. The average Bonchev–Trinajstić information content (AvgIpc) is 2.75. The SMILES string of the molecule is CCC(C)C(NC(=O)C(NC(=O)C(CO)NC(=O)C(N)CCC(=O)O)C(C)CC)C(=O)O. The smallest absolute Gasteiger partial charge is 0.326 e. The Morgan fingerprint density at radius 2 is 1.31 bits per heavy atom. The van der Waals surface area contributed by atoms with Crippen LogP contribution in [0.3, 0.4) is 0 Å². The van der Waals surface area contributed by atoms with Crippen LogP contribution in [-0.4, -0.2) is 75.8 Å². The second kappa shape index (κ2) is 14.4. The van der Waals surface area contributed by atoms with E-state index in [0.717, 1.165) is 0 Å². The minimum atomic E-state index is -1.43. The van der Waals surface area contributed by atoms with Gasteiger partial charge in [0.15, 0.2) is 0 Å². The van der Waals surface area contributed by atoms with Gasteiger partial charge in [0.2, 0.25) is 17.7 Å². The third-order valence-electron chi connectivity index (χ3n) is 5.39. The van der Waals surface area contributed by atoms with Crippen LogP contribution in [0.5, 0.6) is 0 Å². The van der Waals surface area contributed by atoms with Crippen molar-refractivity contribution < 1.29 is 39.3 Å². The van der Waals surface area contributed by atoms with Crippen molar-refractivity contribution in [3.63, 3.8) is 0 Å². The zero-order valence-electron chi connectivity index (χ0n) is 19.0. The molecule has 0 rings (SSSR count). The van der Waals surface area contributed by atoms with Gasteiger partial charge >= 0.3 is 11.9 Å². The minimum Gasteiger partial charge on any atom is -0.481 e. The fourth-order valence-electron chi connectivity index (χ4n) is 2.76. The van der Waals surface area contributed by atoms with E-state index < -0.39 is 60.4 Å². The summed E-state index contributed by atoms with van der Waals surface area (Å²) in [6.45, 7) is 6.16. The van der Waals surface area contributed by atoms with Gasteiger partial charge in [-0.25, -0.2) is 4.79 Å². The van der Waals surface area contributed by atoms with Gasteiger partial charge in [0, 0.05) is 6.42 Å². The molecule has 0 heterocycles. The Labute approximate surface area is 187 Å². The standard InChI is InChI=1S/C20H36N4O8/c1-5-10(3)15(19(30)24-16(20(31)32)11(4)6-2)23-18(29)13(9-25)22-17(28)12(21)7-8-14(26)27/h10-13,15-16,25H,5-9,21H2,1-4H3,(H,22,28)(H,23,29)(H,24,30)(H,26,27)(H,31,32). The number of rotatable bonds is 15. The van der Waals surface area contributed by atoms with E-state index in [1.807, 2.05) is 0 Å². The van der Waals surface area contributed by atoms with Crippen LogP contribution in [0.15, 0.2) is 0 Å². The molecule has 0 radical (unpaired) electrons. The third-order valence-corrected chi connectivity index (χ3v) is 5.39. The predicted molar refractivity (Wildman–Crippen MR) is 114 cm³/mol. The molecule has 6 unspecified atom stereocenters. The van der Waals surface area contributed by atoms with Crippen LogP contribution in [0.25, 0.3) is 0 Å². The highest BCUT2D eigenvalue weighted by Crippen LogP contribution is 2.12. The number of aliphatic carboxylic acids is 2. The third kappa shape index (κ3) is 9.60. The van der Waals surface area contributed by atoms with Crippen molar-refractivity contribution in [1.29, 1.82) is 0 Å². The molecule has 6 atom stereocenters. The van der Waals surface area contributed by atoms with Crippen molar-refractivity contribution in [2.45, 2.75) is 77.5 Å². The number of carboxylic acids is 2. The van der Waals surface area contributed by atoms with Crippen LogP contribution in [-0.2, 0) is 24.0 Å². The normalized spacial score (nSPS) is 16.6. The van der Waals surface area contributed by atoms with E-state index in [4.69, 9.17) is 10.8 Å². The largest absolute Gasteiger partial charge is 0.481 e. The van der Waals surface area contributed by atoms with Gasteiger partial charge < -0.3 is 37.0 Å². The van der Waals surface area contributed by atoms with E-state index in [1.54, 1.807) is 27.7 Å². The molecule has 0 aromatic heterocycles. The Bertz CT molecular complexity index is 672. The quantitative estimate of drug-likeness (QED) is 0.156. The fraction of sp³-hybridized carbons (Fsp3) is 0.750. The summed E-state index contributed by atoms with van der Waals surface area (Å²) < 4.78 is 0. The monoisotopic (exact) mass is 460 g/mol. The number of aliphatic hydroxyl groups excluding tert-OH is 1. The molecular formula is C20H36N4O8. The molecule has 0 aliphatic heterocycles. The molecule has 0 aromatic rings. The highest BCUT2D eigenvalue weighted by molar-refractivity contribution is 5.94.